The van der Waals surface area contributed by atoms with Crippen LogP contribution in [0.25, 0.3) is 0 Å². The van der Waals surface area contributed by atoms with Gasteiger partial charge in [0, 0.05) is 18.2 Å². The second kappa shape index (κ2) is 5.70. The lowest BCUT2D eigenvalue weighted by Gasteiger charge is -2.21. The molecule has 1 amide bonds. The first kappa shape index (κ1) is 15.9. The SMILES string of the molecule is CC1CC(CN)CN1C(=O)c1ccc(S(N)(=O)=O)c(F)c1. The maximum absolute atomic E-state index is 13.8. The minimum atomic E-state index is -4.13. The molecule has 2 unspecified atom stereocenters. The summed E-state index contributed by atoms with van der Waals surface area (Å²) in [7, 11) is -4.13. The van der Waals surface area contributed by atoms with Crippen molar-refractivity contribution >= 4 is 15.9 Å². The topological polar surface area (TPSA) is 106 Å². The monoisotopic (exact) mass is 315 g/mol. The quantitative estimate of drug-likeness (QED) is 0.835. The Balaban J connectivity index is 2.27. The van der Waals surface area contributed by atoms with Gasteiger partial charge in [0.25, 0.3) is 5.91 Å². The number of nitrogens with two attached hydrogens (primary N) is 2. The normalized spacial score (nSPS) is 22.6. The van der Waals surface area contributed by atoms with Crippen LogP contribution in [0.4, 0.5) is 4.39 Å². The van der Waals surface area contributed by atoms with Crippen molar-refractivity contribution in [2.75, 3.05) is 13.1 Å². The van der Waals surface area contributed by atoms with Gasteiger partial charge in [-0.3, -0.25) is 4.79 Å². The molecule has 6 nitrogen and oxygen atoms in total. The van der Waals surface area contributed by atoms with Crippen molar-refractivity contribution in [1.29, 1.82) is 0 Å². The lowest BCUT2D eigenvalue weighted by atomic mass is 10.1. The van der Waals surface area contributed by atoms with E-state index in [1.54, 1.807) is 4.90 Å². The van der Waals surface area contributed by atoms with E-state index in [2.05, 4.69) is 0 Å². The van der Waals surface area contributed by atoms with Crippen molar-refractivity contribution in [3.63, 3.8) is 0 Å². The van der Waals surface area contributed by atoms with Gasteiger partial charge >= 0.3 is 0 Å². The van der Waals surface area contributed by atoms with E-state index in [9.17, 15) is 17.6 Å². The van der Waals surface area contributed by atoms with Crippen molar-refractivity contribution in [2.24, 2.45) is 16.8 Å². The van der Waals surface area contributed by atoms with Crippen molar-refractivity contribution < 1.29 is 17.6 Å². The Morgan fingerprint density at radius 3 is 2.62 bits per heavy atom. The highest BCUT2D eigenvalue weighted by molar-refractivity contribution is 7.89. The number of rotatable bonds is 3. The zero-order valence-electron chi connectivity index (χ0n) is 11.6. The van der Waals surface area contributed by atoms with Gasteiger partial charge in [-0.05, 0) is 44.0 Å². The number of hydrogen-bond acceptors (Lipinski definition) is 4. The summed E-state index contributed by atoms with van der Waals surface area (Å²) in [6, 6.07) is 3.21. The maximum atomic E-state index is 13.8. The Labute approximate surface area is 123 Å². The molecule has 0 aromatic heterocycles. The summed E-state index contributed by atoms with van der Waals surface area (Å²) in [4.78, 5) is 13.4. The zero-order chi connectivity index (χ0) is 15.8. The van der Waals surface area contributed by atoms with Crippen LogP contribution in [0.5, 0.6) is 0 Å². The third-order valence-corrected chi connectivity index (χ3v) is 4.69. The molecule has 0 aliphatic carbocycles. The van der Waals surface area contributed by atoms with Gasteiger partial charge in [-0.25, -0.2) is 17.9 Å². The van der Waals surface area contributed by atoms with Crippen LogP contribution in [0.3, 0.4) is 0 Å². The van der Waals surface area contributed by atoms with Gasteiger partial charge in [-0.2, -0.15) is 0 Å². The molecule has 4 N–H and O–H groups in total. The molecule has 0 spiro atoms. The van der Waals surface area contributed by atoms with Gasteiger partial charge in [0.1, 0.15) is 10.7 Å². The number of amides is 1. The Hall–Kier alpha value is -1.51. The third-order valence-electron chi connectivity index (χ3n) is 3.74. The lowest BCUT2D eigenvalue weighted by molar-refractivity contribution is 0.0742. The van der Waals surface area contributed by atoms with E-state index in [1.807, 2.05) is 6.92 Å². The van der Waals surface area contributed by atoms with E-state index < -0.39 is 20.7 Å². The van der Waals surface area contributed by atoms with Crippen LogP contribution in [-0.2, 0) is 10.0 Å². The molecule has 0 radical (unpaired) electrons. The summed E-state index contributed by atoms with van der Waals surface area (Å²) in [5.41, 5.74) is 5.71. The molecule has 1 aromatic rings. The van der Waals surface area contributed by atoms with E-state index in [0.29, 0.717) is 13.1 Å². The first-order chi connectivity index (χ1) is 9.74. The maximum Gasteiger partial charge on any atom is 0.254 e. The predicted molar refractivity (Wildman–Crippen MR) is 75.4 cm³/mol. The molecule has 0 saturated carbocycles. The van der Waals surface area contributed by atoms with Gasteiger partial charge < -0.3 is 10.6 Å². The van der Waals surface area contributed by atoms with Gasteiger partial charge in [-0.1, -0.05) is 0 Å². The van der Waals surface area contributed by atoms with E-state index >= 15 is 0 Å². The minimum absolute atomic E-state index is 0.0204. The van der Waals surface area contributed by atoms with Crippen LogP contribution >= 0.6 is 0 Å². The Kier molecular flexibility index (Phi) is 4.31. The first-order valence-electron chi connectivity index (χ1n) is 6.57. The number of likely N-dealkylation sites (tertiary alicyclic amines) is 1. The molecule has 1 aromatic carbocycles. The molecule has 2 atom stereocenters. The van der Waals surface area contributed by atoms with Crippen molar-refractivity contribution in [3.8, 4) is 0 Å². The molecule has 0 bridgehead atoms. The van der Waals surface area contributed by atoms with Crippen LogP contribution < -0.4 is 10.9 Å². The van der Waals surface area contributed by atoms with Gasteiger partial charge in [0.2, 0.25) is 10.0 Å². The van der Waals surface area contributed by atoms with Crippen LogP contribution in [0.15, 0.2) is 23.1 Å². The Bertz CT molecular complexity index is 663. The minimum Gasteiger partial charge on any atom is -0.336 e. The lowest BCUT2D eigenvalue weighted by Crippen LogP contribution is -2.34. The fourth-order valence-corrected chi connectivity index (χ4v) is 3.22. The molecule has 1 saturated heterocycles. The molecular weight excluding hydrogens is 297 g/mol. The number of sulfonamides is 1. The Morgan fingerprint density at radius 2 is 2.14 bits per heavy atom. The highest BCUT2D eigenvalue weighted by Gasteiger charge is 2.32. The second-order valence-corrected chi connectivity index (χ2v) is 6.86. The second-order valence-electron chi connectivity index (χ2n) is 5.33. The van der Waals surface area contributed by atoms with Gasteiger partial charge in [-0.15, -0.1) is 0 Å². The van der Waals surface area contributed by atoms with Crippen LogP contribution in [0.1, 0.15) is 23.7 Å². The number of nitrogens with zero attached hydrogens (tertiary/aromatic N) is 1. The largest absolute Gasteiger partial charge is 0.336 e. The number of hydrogen-bond donors (Lipinski definition) is 2. The zero-order valence-corrected chi connectivity index (χ0v) is 12.4. The van der Waals surface area contributed by atoms with E-state index in [1.165, 1.54) is 6.07 Å². The number of halogens is 1. The molecule has 1 aliphatic rings. The Morgan fingerprint density at radius 1 is 1.48 bits per heavy atom. The predicted octanol–water partition coefficient (Wildman–Crippen LogP) is 0.282. The summed E-state index contributed by atoms with van der Waals surface area (Å²) in [5.74, 6) is -1.12. The highest BCUT2D eigenvalue weighted by atomic mass is 32.2. The molecule has 2 rings (SSSR count). The van der Waals surface area contributed by atoms with E-state index in [4.69, 9.17) is 10.9 Å². The number of carbonyl (C=O) groups excluding carboxylic acids is 1. The highest BCUT2D eigenvalue weighted by Crippen LogP contribution is 2.25. The number of carbonyl (C=O) groups is 1. The average molecular weight is 315 g/mol. The third kappa shape index (κ3) is 3.22. The van der Waals surface area contributed by atoms with Crippen molar-refractivity contribution in [3.05, 3.63) is 29.6 Å². The molecule has 1 aliphatic heterocycles. The number of primary sulfonamides is 1. The molecule has 1 heterocycles. The summed E-state index contributed by atoms with van der Waals surface area (Å²) in [5, 5.41) is 4.89. The molecular formula is C13H18FN3O3S. The van der Waals surface area contributed by atoms with Crippen LogP contribution in [0, 0.1) is 11.7 Å². The average Bonchev–Trinajstić information content (AvgIpc) is 2.77. The van der Waals surface area contributed by atoms with Crippen LogP contribution in [-0.4, -0.2) is 38.4 Å². The van der Waals surface area contributed by atoms with Crippen molar-refractivity contribution in [1.82, 2.24) is 4.90 Å². The van der Waals surface area contributed by atoms with Crippen molar-refractivity contribution in [2.45, 2.75) is 24.3 Å². The molecule has 116 valence electrons. The molecule has 1 fully saturated rings. The molecule has 21 heavy (non-hydrogen) atoms. The summed E-state index contributed by atoms with van der Waals surface area (Å²) in [6.45, 7) is 2.92. The van der Waals surface area contributed by atoms with E-state index in [-0.39, 0.29) is 23.4 Å². The van der Waals surface area contributed by atoms with Gasteiger partial charge in [0.05, 0.1) is 0 Å². The number of benzene rings is 1. The summed E-state index contributed by atoms with van der Waals surface area (Å²) >= 11 is 0. The molecule has 8 heteroatoms. The first-order valence-corrected chi connectivity index (χ1v) is 8.12. The fraction of sp³-hybridized carbons (Fsp3) is 0.462. The summed E-state index contributed by atoms with van der Waals surface area (Å²) < 4.78 is 36.1. The van der Waals surface area contributed by atoms with Crippen LogP contribution in [0.2, 0.25) is 0 Å². The standard InChI is InChI=1S/C13H18FN3O3S/c1-8-4-9(6-15)7-17(8)13(18)10-2-3-12(11(14)5-10)21(16,19)20/h2-3,5,8-9H,4,6-7,15H2,1H3,(H2,16,19,20). The smallest absolute Gasteiger partial charge is 0.254 e. The van der Waals surface area contributed by atoms with Gasteiger partial charge in [0.15, 0.2) is 0 Å². The summed E-state index contributed by atoms with van der Waals surface area (Å²) in [6.07, 6.45) is 0.806. The fourth-order valence-electron chi connectivity index (χ4n) is 2.63. The van der Waals surface area contributed by atoms with E-state index in [0.717, 1.165) is 18.6 Å².